The minimum atomic E-state index is -3.65. The van der Waals surface area contributed by atoms with E-state index in [9.17, 15) is 13.2 Å². The number of sulfone groups is 1. The summed E-state index contributed by atoms with van der Waals surface area (Å²) < 4.78 is 26.9. The molecule has 0 atom stereocenters. The minimum absolute atomic E-state index is 0.232. The van der Waals surface area contributed by atoms with Gasteiger partial charge in [0.1, 0.15) is 5.56 Å². The van der Waals surface area contributed by atoms with Crippen LogP contribution in [-0.2, 0) is 14.6 Å². The summed E-state index contributed by atoms with van der Waals surface area (Å²) in [7, 11) is -2.52. The van der Waals surface area contributed by atoms with E-state index in [0.29, 0.717) is 0 Å². The van der Waals surface area contributed by atoms with Crippen LogP contribution in [0.3, 0.4) is 0 Å². The summed E-state index contributed by atoms with van der Waals surface area (Å²) in [5, 5.41) is -0.683. The molecule has 0 aliphatic carbocycles. The second-order valence-corrected chi connectivity index (χ2v) is 4.89. The molecule has 0 unspecified atom stereocenters. The van der Waals surface area contributed by atoms with Crippen molar-refractivity contribution in [3.8, 4) is 0 Å². The van der Waals surface area contributed by atoms with Gasteiger partial charge in [0.15, 0.2) is 14.9 Å². The fourth-order valence-electron chi connectivity index (χ4n) is 0.879. The van der Waals surface area contributed by atoms with Gasteiger partial charge in [0.25, 0.3) is 0 Å². The largest absolute Gasteiger partial charge is 0.465 e. The van der Waals surface area contributed by atoms with Crippen LogP contribution in [0.2, 0.25) is 5.28 Å². The Morgan fingerprint density at radius 3 is 2.60 bits per heavy atom. The first-order valence-electron chi connectivity index (χ1n) is 3.67. The normalized spacial score (nSPS) is 11.1. The van der Waals surface area contributed by atoms with Gasteiger partial charge in [-0.3, -0.25) is 0 Å². The smallest absolute Gasteiger partial charge is 0.342 e. The van der Waals surface area contributed by atoms with Gasteiger partial charge in [-0.25, -0.2) is 23.2 Å². The number of ether oxygens (including phenoxy) is 1. The highest BCUT2D eigenvalue weighted by Crippen LogP contribution is 2.15. The van der Waals surface area contributed by atoms with E-state index in [1.165, 1.54) is 0 Å². The first-order chi connectivity index (χ1) is 6.86. The van der Waals surface area contributed by atoms with Crippen molar-refractivity contribution in [3.63, 3.8) is 0 Å². The summed E-state index contributed by atoms with van der Waals surface area (Å²) in [6.45, 7) is 0. The molecular formula is C7H7ClN2O4S. The highest BCUT2D eigenvalue weighted by atomic mass is 35.5. The number of aromatic nitrogens is 2. The Morgan fingerprint density at radius 2 is 2.13 bits per heavy atom. The molecule has 0 bridgehead atoms. The zero-order valence-corrected chi connectivity index (χ0v) is 9.46. The van der Waals surface area contributed by atoms with Crippen LogP contribution < -0.4 is 0 Å². The van der Waals surface area contributed by atoms with E-state index in [4.69, 9.17) is 11.6 Å². The van der Waals surface area contributed by atoms with Gasteiger partial charge in [-0.15, -0.1) is 0 Å². The average molecular weight is 251 g/mol. The lowest BCUT2D eigenvalue weighted by atomic mass is 10.3. The number of carbonyl (C=O) groups is 1. The SMILES string of the molecule is COC(=O)c1cnc(Cl)nc1S(C)(=O)=O. The Hall–Kier alpha value is -1.21. The van der Waals surface area contributed by atoms with Crippen molar-refractivity contribution in [2.24, 2.45) is 0 Å². The Labute approximate surface area is 91.2 Å². The second kappa shape index (κ2) is 4.11. The average Bonchev–Trinajstić information content (AvgIpc) is 2.15. The molecule has 1 aromatic rings. The number of rotatable bonds is 2. The van der Waals surface area contributed by atoms with Crippen molar-refractivity contribution in [2.75, 3.05) is 13.4 Å². The molecule has 15 heavy (non-hydrogen) atoms. The van der Waals surface area contributed by atoms with Crippen LogP contribution in [0.1, 0.15) is 10.4 Å². The van der Waals surface area contributed by atoms with Crippen LogP contribution in [0.15, 0.2) is 11.2 Å². The first kappa shape index (κ1) is 11.9. The van der Waals surface area contributed by atoms with Crippen molar-refractivity contribution in [1.29, 1.82) is 0 Å². The molecule has 0 saturated heterocycles. The fourth-order valence-corrected chi connectivity index (χ4v) is 1.85. The molecule has 0 fully saturated rings. The van der Waals surface area contributed by atoms with Gasteiger partial charge in [0.05, 0.1) is 7.11 Å². The molecule has 82 valence electrons. The van der Waals surface area contributed by atoms with Gasteiger partial charge >= 0.3 is 5.97 Å². The maximum Gasteiger partial charge on any atom is 0.342 e. The lowest BCUT2D eigenvalue weighted by molar-refractivity contribution is 0.0594. The summed E-state index contributed by atoms with van der Waals surface area (Å²) in [4.78, 5) is 18.2. The first-order valence-corrected chi connectivity index (χ1v) is 5.94. The van der Waals surface area contributed by atoms with Crippen LogP contribution in [-0.4, -0.2) is 37.7 Å². The molecule has 0 radical (unpaired) electrons. The van der Waals surface area contributed by atoms with E-state index < -0.39 is 20.8 Å². The third-order valence-corrected chi connectivity index (χ3v) is 2.68. The van der Waals surface area contributed by atoms with E-state index in [1.807, 2.05) is 0 Å². The monoisotopic (exact) mass is 250 g/mol. The molecule has 0 aliphatic rings. The molecule has 0 saturated carbocycles. The minimum Gasteiger partial charge on any atom is -0.465 e. The zero-order chi connectivity index (χ0) is 11.6. The van der Waals surface area contributed by atoms with Crippen LogP contribution in [0, 0.1) is 0 Å². The van der Waals surface area contributed by atoms with Crippen molar-refractivity contribution in [1.82, 2.24) is 9.97 Å². The molecule has 8 heteroatoms. The molecule has 0 spiro atoms. The third kappa shape index (κ3) is 2.63. The predicted molar refractivity (Wildman–Crippen MR) is 51.5 cm³/mol. The van der Waals surface area contributed by atoms with Crippen molar-refractivity contribution >= 4 is 27.4 Å². The van der Waals surface area contributed by atoms with Gasteiger partial charge in [-0.05, 0) is 11.6 Å². The molecule has 1 aromatic heterocycles. The lowest BCUT2D eigenvalue weighted by Crippen LogP contribution is -2.12. The van der Waals surface area contributed by atoms with Crippen LogP contribution in [0.5, 0.6) is 0 Å². The summed E-state index contributed by atoms with van der Waals surface area (Å²) in [6.07, 6.45) is 1.93. The van der Waals surface area contributed by atoms with Crippen molar-refractivity contribution in [2.45, 2.75) is 5.03 Å². The zero-order valence-electron chi connectivity index (χ0n) is 7.89. The maximum atomic E-state index is 11.3. The topological polar surface area (TPSA) is 86.2 Å². The van der Waals surface area contributed by atoms with Crippen LogP contribution in [0.25, 0.3) is 0 Å². The molecule has 0 aromatic carbocycles. The van der Waals surface area contributed by atoms with Crippen molar-refractivity contribution in [3.05, 3.63) is 17.0 Å². The Balaban J connectivity index is 3.47. The predicted octanol–water partition coefficient (Wildman–Crippen LogP) is 0.320. The lowest BCUT2D eigenvalue weighted by Gasteiger charge is -2.04. The molecular weight excluding hydrogens is 244 g/mol. The van der Waals surface area contributed by atoms with Gasteiger partial charge in [-0.2, -0.15) is 0 Å². The molecule has 1 rings (SSSR count). The number of halogens is 1. The summed E-state index contributed by atoms with van der Waals surface area (Å²) in [5.41, 5.74) is -0.232. The standard InChI is InChI=1S/C7H7ClN2O4S/c1-14-6(11)4-3-9-7(8)10-5(4)15(2,12)13/h3H,1-2H3. The highest BCUT2D eigenvalue weighted by Gasteiger charge is 2.22. The Bertz CT molecular complexity index is 500. The molecule has 0 amide bonds. The second-order valence-electron chi connectivity index (χ2n) is 2.62. The Kier molecular flexibility index (Phi) is 3.25. The Morgan fingerprint density at radius 1 is 1.53 bits per heavy atom. The summed E-state index contributed by atoms with van der Waals surface area (Å²) >= 11 is 5.43. The number of hydrogen-bond donors (Lipinski definition) is 0. The van der Waals surface area contributed by atoms with Crippen molar-refractivity contribution < 1.29 is 17.9 Å². The summed E-state index contributed by atoms with van der Waals surface area (Å²) in [5.74, 6) is -0.827. The highest BCUT2D eigenvalue weighted by molar-refractivity contribution is 7.90. The fraction of sp³-hybridized carbons (Fsp3) is 0.286. The molecule has 6 nitrogen and oxygen atoms in total. The number of nitrogens with zero attached hydrogens (tertiary/aromatic N) is 2. The summed E-state index contributed by atoms with van der Waals surface area (Å²) in [6, 6.07) is 0. The van der Waals surface area contributed by atoms with E-state index in [0.717, 1.165) is 19.6 Å². The van der Waals surface area contributed by atoms with Gasteiger partial charge < -0.3 is 4.74 Å². The van der Waals surface area contributed by atoms with Gasteiger partial charge in [-0.1, -0.05) is 0 Å². The molecule has 0 N–H and O–H groups in total. The van der Waals surface area contributed by atoms with E-state index in [2.05, 4.69) is 14.7 Å². The number of carbonyl (C=O) groups excluding carboxylic acids is 1. The van der Waals surface area contributed by atoms with Crippen LogP contribution in [0.4, 0.5) is 0 Å². The maximum absolute atomic E-state index is 11.3. The molecule has 1 heterocycles. The van der Waals surface area contributed by atoms with E-state index >= 15 is 0 Å². The third-order valence-electron chi connectivity index (χ3n) is 1.48. The van der Waals surface area contributed by atoms with Gasteiger partial charge in [0, 0.05) is 12.5 Å². The van der Waals surface area contributed by atoms with Crippen LogP contribution >= 0.6 is 11.6 Å². The van der Waals surface area contributed by atoms with E-state index in [-0.39, 0.29) is 10.8 Å². The number of methoxy groups -OCH3 is 1. The quantitative estimate of drug-likeness (QED) is 0.427. The number of esters is 1. The van der Waals surface area contributed by atoms with Gasteiger partial charge in [0.2, 0.25) is 5.28 Å². The van der Waals surface area contributed by atoms with E-state index in [1.54, 1.807) is 0 Å². The molecule has 0 aliphatic heterocycles. The number of hydrogen-bond acceptors (Lipinski definition) is 6.